The first kappa shape index (κ1) is 21.3. The molecule has 172 valence electrons. The average molecular weight is 443 g/mol. The van der Waals surface area contributed by atoms with Gasteiger partial charge in [0.15, 0.2) is 0 Å². The molecule has 3 fully saturated rings. The van der Waals surface area contributed by atoms with Gasteiger partial charge in [0.2, 0.25) is 0 Å². The highest BCUT2D eigenvalue weighted by atomic mass is 16.6. The summed E-state index contributed by atoms with van der Waals surface area (Å²) in [5, 5.41) is 11.8. The summed E-state index contributed by atoms with van der Waals surface area (Å²) in [6, 6.07) is 10.1. The van der Waals surface area contributed by atoms with Gasteiger partial charge >= 0.3 is 6.03 Å². The molecule has 0 radical (unpaired) electrons. The van der Waals surface area contributed by atoms with E-state index in [4.69, 9.17) is 14.2 Å². The fraction of sp³-hybridized carbons (Fsp3) is 0.591. The van der Waals surface area contributed by atoms with Gasteiger partial charge in [-0.3, -0.25) is 4.90 Å². The second-order valence-electron chi connectivity index (χ2n) is 8.67. The minimum atomic E-state index is -0.182. The first-order valence-electron chi connectivity index (χ1n) is 11.2. The van der Waals surface area contributed by atoms with Crippen LogP contribution in [0, 0.1) is 0 Å². The third kappa shape index (κ3) is 4.63. The molecule has 10 nitrogen and oxygen atoms in total. The zero-order valence-corrected chi connectivity index (χ0v) is 18.3. The van der Waals surface area contributed by atoms with E-state index in [1.165, 1.54) is 5.56 Å². The Morgan fingerprint density at radius 2 is 1.91 bits per heavy atom. The number of hydrogen-bond acceptors (Lipinski definition) is 7. The summed E-state index contributed by atoms with van der Waals surface area (Å²) in [6.07, 6.45) is 1.64. The predicted molar refractivity (Wildman–Crippen MR) is 115 cm³/mol. The second-order valence-corrected chi connectivity index (χ2v) is 8.67. The van der Waals surface area contributed by atoms with Crippen molar-refractivity contribution in [2.45, 2.75) is 37.4 Å². The average Bonchev–Trinajstić information content (AvgIpc) is 3.53. The molecule has 0 saturated carbocycles. The molecule has 4 unspecified atom stereocenters. The molecule has 3 aliphatic heterocycles. The van der Waals surface area contributed by atoms with Crippen LogP contribution in [0.25, 0.3) is 0 Å². The molecule has 2 aromatic rings. The Morgan fingerprint density at radius 1 is 1.12 bits per heavy atom. The lowest BCUT2D eigenvalue weighted by atomic mass is 10.1. The number of carbonyl (C=O) groups excluding carboxylic acids is 1. The lowest BCUT2D eigenvalue weighted by molar-refractivity contribution is 0.0485. The Labute approximate surface area is 187 Å². The van der Waals surface area contributed by atoms with Crippen LogP contribution < -0.4 is 5.32 Å². The summed E-state index contributed by atoms with van der Waals surface area (Å²) in [5.41, 5.74) is 2.17. The van der Waals surface area contributed by atoms with Gasteiger partial charge in [-0.2, -0.15) is 0 Å². The maximum absolute atomic E-state index is 12.5. The molecule has 3 aliphatic rings. The molecule has 32 heavy (non-hydrogen) atoms. The molecule has 4 atom stereocenters. The lowest BCUT2D eigenvalue weighted by Gasteiger charge is -2.29. The van der Waals surface area contributed by atoms with Gasteiger partial charge in [-0.05, 0) is 12.6 Å². The van der Waals surface area contributed by atoms with Gasteiger partial charge in [-0.1, -0.05) is 35.5 Å². The van der Waals surface area contributed by atoms with Crippen molar-refractivity contribution >= 4 is 6.03 Å². The molecule has 0 bridgehead atoms. The summed E-state index contributed by atoms with van der Waals surface area (Å²) < 4.78 is 19.2. The molecule has 2 amide bonds. The first-order chi connectivity index (χ1) is 15.7. The maximum Gasteiger partial charge on any atom is 0.317 e. The molecular weight excluding hydrogens is 412 g/mol. The number of urea groups is 1. The quantitative estimate of drug-likeness (QED) is 0.702. The maximum atomic E-state index is 12.5. The second kappa shape index (κ2) is 9.53. The summed E-state index contributed by atoms with van der Waals surface area (Å²) in [4.78, 5) is 16.5. The van der Waals surface area contributed by atoms with E-state index in [2.05, 4.69) is 39.7 Å². The van der Waals surface area contributed by atoms with Crippen molar-refractivity contribution in [2.24, 2.45) is 0 Å². The number of nitrogens with one attached hydrogen (secondary N) is 1. The summed E-state index contributed by atoms with van der Waals surface area (Å²) >= 11 is 0. The standard InChI is InChI=1S/C22H30N6O4/c1-26(11-16-5-3-2-4-6-16)12-17-13-28(25-24-17)19-15-32-20-18(14-31-21(19)20)23-22(29)27-7-9-30-10-8-27/h2-6,13,18-21H,7-12,14-15H2,1H3,(H,23,29). The van der Waals surface area contributed by atoms with Crippen LogP contribution >= 0.6 is 0 Å². The fourth-order valence-corrected chi connectivity index (χ4v) is 4.62. The van der Waals surface area contributed by atoms with Gasteiger partial charge in [0.1, 0.15) is 18.2 Å². The van der Waals surface area contributed by atoms with Crippen molar-refractivity contribution in [3.8, 4) is 0 Å². The van der Waals surface area contributed by atoms with Gasteiger partial charge in [0, 0.05) is 26.2 Å². The molecule has 3 saturated heterocycles. The molecule has 1 N–H and O–H groups in total. The number of ether oxygens (including phenoxy) is 3. The van der Waals surface area contributed by atoms with E-state index in [1.807, 2.05) is 29.1 Å². The molecule has 4 heterocycles. The Balaban J connectivity index is 1.16. The van der Waals surface area contributed by atoms with Crippen LogP contribution in [0.1, 0.15) is 17.3 Å². The van der Waals surface area contributed by atoms with Crippen molar-refractivity contribution in [1.29, 1.82) is 0 Å². The zero-order valence-electron chi connectivity index (χ0n) is 18.3. The van der Waals surface area contributed by atoms with Crippen molar-refractivity contribution in [2.75, 3.05) is 46.6 Å². The van der Waals surface area contributed by atoms with Gasteiger partial charge in [0.25, 0.3) is 0 Å². The molecular formula is C22H30N6O4. The van der Waals surface area contributed by atoms with Crippen LogP contribution in [0.5, 0.6) is 0 Å². The number of carbonyl (C=O) groups is 1. The molecule has 0 aliphatic carbocycles. The molecule has 0 spiro atoms. The normalized spacial score (nSPS) is 27.6. The topological polar surface area (TPSA) is 94.0 Å². The fourth-order valence-electron chi connectivity index (χ4n) is 4.62. The molecule has 1 aromatic carbocycles. The van der Waals surface area contributed by atoms with Crippen LogP contribution in [-0.2, 0) is 27.3 Å². The van der Waals surface area contributed by atoms with Gasteiger partial charge in [-0.15, -0.1) is 5.10 Å². The Hall–Kier alpha value is -2.53. The highest BCUT2D eigenvalue weighted by molar-refractivity contribution is 5.74. The summed E-state index contributed by atoms with van der Waals surface area (Å²) in [7, 11) is 2.07. The van der Waals surface area contributed by atoms with E-state index < -0.39 is 0 Å². The third-order valence-corrected chi connectivity index (χ3v) is 6.26. The van der Waals surface area contributed by atoms with E-state index in [1.54, 1.807) is 4.90 Å². The largest absolute Gasteiger partial charge is 0.378 e. The van der Waals surface area contributed by atoms with E-state index in [0.717, 1.165) is 12.2 Å². The smallest absolute Gasteiger partial charge is 0.317 e. The third-order valence-electron chi connectivity index (χ3n) is 6.26. The number of amides is 2. The number of morpholine rings is 1. The Kier molecular flexibility index (Phi) is 6.35. The summed E-state index contributed by atoms with van der Waals surface area (Å²) in [6.45, 7) is 4.84. The van der Waals surface area contributed by atoms with Crippen molar-refractivity contribution < 1.29 is 19.0 Å². The number of benzene rings is 1. The first-order valence-corrected chi connectivity index (χ1v) is 11.2. The van der Waals surface area contributed by atoms with Crippen molar-refractivity contribution in [3.63, 3.8) is 0 Å². The van der Waals surface area contributed by atoms with Crippen LogP contribution in [0.4, 0.5) is 4.79 Å². The van der Waals surface area contributed by atoms with Gasteiger partial charge < -0.3 is 24.4 Å². The van der Waals surface area contributed by atoms with Crippen molar-refractivity contribution in [3.05, 3.63) is 47.8 Å². The SMILES string of the molecule is CN(Cc1ccccc1)Cc1cn(C2COC3C(NC(=O)N4CCOCC4)COC32)nn1. The van der Waals surface area contributed by atoms with Crippen LogP contribution in [0.15, 0.2) is 36.5 Å². The molecule has 5 rings (SSSR count). The monoisotopic (exact) mass is 442 g/mol. The van der Waals surface area contributed by atoms with Crippen LogP contribution in [0.3, 0.4) is 0 Å². The highest BCUT2D eigenvalue weighted by Gasteiger charge is 2.49. The van der Waals surface area contributed by atoms with E-state index in [-0.39, 0.29) is 30.3 Å². The van der Waals surface area contributed by atoms with Crippen LogP contribution in [0.2, 0.25) is 0 Å². The number of nitrogens with zero attached hydrogens (tertiary/aromatic N) is 5. The number of hydrogen-bond donors (Lipinski definition) is 1. The van der Waals surface area contributed by atoms with E-state index in [9.17, 15) is 4.79 Å². The number of fused-ring (bicyclic) bond motifs is 1. The Morgan fingerprint density at radius 3 is 2.72 bits per heavy atom. The Bertz CT molecular complexity index is 903. The molecule has 1 aromatic heterocycles. The molecule has 10 heteroatoms. The minimum Gasteiger partial charge on any atom is -0.378 e. The highest BCUT2D eigenvalue weighted by Crippen LogP contribution is 2.34. The summed E-state index contributed by atoms with van der Waals surface area (Å²) in [5.74, 6) is 0. The minimum absolute atomic E-state index is 0.0500. The van der Waals surface area contributed by atoms with Gasteiger partial charge in [-0.25, -0.2) is 9.48 Å². The number of aromatic nitrogens is 3. The van der Waals surface area contributed by atoms with Crippen molar-refractivity contribution in [1.82, 2.24) is 30.1 Å². The van der Waals surface area contributed by atoms with E-state index >= 15 is 0 Å². The lowest BCUT2D eigenvalue weighted by Crippen LogP contribution is -2.52. The van der Waals surface area contributed by atoms with Gasteiger partial charge in [0.05, 0.1) is 44.4 Å². The van der Waals surface area contributed by atoms with Crippen LogP contribution in [-0.4, -0.2) is 95.6 Å². The van der Waals surface area contributed by atoms with E-state index in [0.29, 0.717) is 46.1 Å². The zero-order chi connectivity index (χ0) is 21.9. The predicted octanol–water partition coefficient (Wildman–Crippen LogP) is 0.659. The number of rotatable bonds is 6.